The minimum Gasteiger partial charge on any atom is -0.444 e. The van der Waals surface area contributed by atoms with Crippen molar-refractivity contribution < 1.29 is 14.7 Å². The summed E-state index contributed by atoms with van der Waals surface area (Å²) in [6, 6.07) is 1.63. The van der Waals surface area contributed by atoms with Crippen molar-refractivity contribution in [2.24, 2.45) is 0 Å². The molecule has 0 aliphatic rings. The van der Waals surface area contributed by atoms with E-state index in [0.29, 0.717) is 11.5 Å². The second-order valence-electron chi connectivity index (χ2n) is 4.62. The van der Waals surface area contributed by atoms with Crippen molar-refractivity contribution in [2.45, 2.75) is 33.3 Å². The minimum absolute atomic E-state index is 0.371. The van der Waals surface area contributed by atoms with Crippen LogP contribution in [0.4, 0.5) is 16.3 Å². The molecular formula is C11H17N3O3. The number of hydrogen-bond acceptors (Lipinski definition) is 5. The Morgan fingerprint density at radius 1 is 1.47 bits per heavy atom. The van der Waals surface area contributed by atoms with E-state index in [-0.39, 0.29) is 0 Å². The summed E-state index contributed by atoms with van der Waals surface area (Å²) in [6.07, 6.45) is 0.858. The maximum Gasteiger partial charge on any atom is 0.413 e. The molecule has 0 unspecified atom stereocenters. The van der Waals surface area contributed by atoms with Gasteiger partial charge in [0.25, 0.3) is 0 Å². The number of aryl methyl sites for hydroxylation is 1. The first-order valence-electron chi connectivity index (χ1n) is 5.18. The van der Waals surface area contributed by atoms with Gasteiger partial charge in [-0.3, -0.25) is 16.0 Å². The van der Waals surface area contributed by atoms with Gasteiger partial charge in [-0.05, 0) is 39.3 Å². The van der Waals surface area contributed by atoms with E-state index in [2.05, 4.69) is 10.3 Å². The Hall–Kier alpha value is -1.82. The maximum atomic E-state index is 11.5. The fourth-order valence-corrected chi connectivity index (χ4v) is 1.15. The van der Waals surface area contributed by atoms with E-state index < -0.39 is 11.7 Å². The van der Waals surface area contributed by atoms with Gasteiger partial charge >= 0.3 is 6.09 Å². The maximum absolute atomic E-state index is 11.5. The van der Waals surface area contributed by atoms with Crippen LogP contribution < -0.4 is 10.8 Å². The number of amides is 1. The number of hydrogen-bond donors (Lipinski definition) is 3. The number of carbonyl (C=O) groups is 1. The first kappa shape index (κ1) is 13.2. The monoisotopic (exact) mass is 239 g/mol. The van der Waals surface area contributed by atoms with Gasteiger partial charge in [-0.2, -0.15) is 0 Å². The molecule has 0 bridgehead atoms. The summed E-state index contributed by atoms with van der Waals surface area (Å²) < 4.78 is 5.08. The molecule has 1 aromatic heterocycles. The molecule has 1 rings (SSSR count). The molecule has 17 heavy (non-hydrogen) atoms. The van der Waals surface area contributed by atoms with E-state index in [9.17, 15) is 4.79 Å². The molecular weight excluding hydrogens is 222 g/mol. The van der Waals surface area contributed by atoms with Crippen molar-refractivity contribution in [1.82, 2.24) is 4.98 Å². The lowest BCUT2D eigenvalue weighted by Crippen LogP contribution is -2.27. The Labute approximate surface area is 100.0 Å². The highest BCUT2D eigenvalue weighted by Crippen LogP contribution is 2.16. The number of rotatable bonds is 2. The molecule has 6 heteroatoms. The number of ether oxygens (including phenoxy) is 1. The van der Waals surface area contributed by atoms with Crippen molar-refractivity contribution in [1.29, 1.82) is 0 Å². The van der Waals surface area contributed by atoms with E-state index in [1.807, 2.05) is 5.48 Å². The molecule has 0 atom stereocenters. The largest absolute Gasteiger partial charge is 0.444 e. The SMILES string of the molecule is Cc1cc(NC(=O)OC(C)(C)C)ncc1NO. The Morgan fingerprint density at radius 3 is 2.59 bits per heavy atom. The van der Waals surface area contributed by atoms with Crippen LogP contribution in [0.5, 0.6) is 0 Å². The third-order valence-corrected chi connectivity index (χ3v) is 1.86. The average molecular weight is 239 g/mol. The summed E-state index contributed by atoms with van der Waals surface area (Å²) in [4.78, 5) is 15.4. The predicted octanol–water partition coefficient (Wildman–Crippen LogP) is 2.54. The Morgan fingerprint density at radius 2 is 2.12 bits per heavy atom. The van der Waals surface area contributed by atoms with E-state index >= 15 is 0 Å². The Bertz CT molecular complexity index is 413. The van der Waals surface area contributed by atoms with Gasteiger partial charge in [-0.15, -0.1) is 0 Å². The van der Waals surface area contributed by atoms with E-state index in [0.717, 1.165) is 5.56 Å². The summed E-state index contributed by atoms with van der Waals surface area (Å²) in [5, 5.41) is 11.3. The number of anilines is 2. The van der Waals surface area contributed by atoms with Gasteiger partial charge in [0.1, 0.15) is 11.4 Å². The topological polar surface area (TPSA) is 83.5 Å². The van der Waals surface area contributed by atoms with Crippen LogP contribution in [0.1, 0.15) is 26.3 Å². The highest BCUT2D eigenvalue weighted by molar-refractivity contribution is 5.84. The van der Waals surface area contributed by atoms with Gasteiger partial charge in [0.15, 0.2) is 0 Å². The van der Waals surface area contributed by atoms with Gasteiger partial charge in [0.2, 0.25) is 0 Å². The second kappa shape index (κ2) is 5.01. The van der Waals surface area contributed by atoms with Crippen LogP contribution in [-0.4, -0.2) is 21.9 Å². The number of pyridine rings is 1. The molecule has 0 saturated carbocycles. The van der Waals surface area contributed by atoms with Crippen LogP contribution in [0, 0.1) is 6.92 Å². The lowest BCUT2D eigenvalue weighted by Gasteiger charge is -2.19. The average Bonchev–Trinajstić information content (AvgIpc) is 2.14. The molecule has 0 fully saturated rings. The molecule has 1 heterocycles. The minimum atomic E-state index is -0.561. The van der Waals surface area contributed by atoms with Gasteiger partial charge in [-0.1, -0.05) is 0 Å². The molecule has 0 aromatic carbocycles. The number of nitrogens with zero attached hydrogens (tertiary/aromatic N) is 1. The zero-order valence-electron chi connectivity index (χ0n) is 10.4. The predicted molar refractivity (Wildman–Crippen MR) is 64.2 cm³/mol. The second-order valence-corrected chi connectivity index (χ2v) is 4.62. The van der Waals surface area contributed by atoms with Gasteiger partial charge < -0.3 is 4.74 Å². The molecule has 1 aromatic rings. The standard InChI is InChI=1S/C11H17N3O3/c1-7-5-9(12-6-8(7)14-16)13-10(15)17-11(2,3)4/h5-6,14,16H,1-4H3,(H,12,13,15). The van der Waals surface area contributed by atoms with Crippen LogP contribution in [0.2, 0.25) is 0 Å². The van der Waals surface area contributed by atoms with Crippen LogP contribution in [0.25, 0.3) is 0 Å². The van der Waals surface area contributed by atoms with E-state index in [1.54, 1.807) is 33.8 Å². The summed E-state index contributed by atoms with van der Waals surface area (Å²) in [5.74, 6) is 0.371. The van der Waals surface area contributed by atoms with Gasteiger partial charge in [-0.25, -0.2) is 9.78 Å². The smallest absolute Gasteiger partial charge is 0.413 e. The third-order valence-electron chi connectivity index (χ3n) is 1.86. The first-order chi connectivity index (χ1) is 7.81. The molecule has 0 aliphatic heterocycles. The quantitative estimate of drug-likeness (QED) is 0.691. The van der Waals surface area contributed by atoms with Crippen LogP contribution in [0.15, 0.2) is 12.3 Å². The molecule has 0 aliphatic carbocycles. The molecule has 0 saturated heterocycles. The lowest BCUT2D eigenvalue weighted by atomic mass is 10.2. The first-order valence-corrected chi connectivity index (χ1v) is 5.18. The number of aromatic nitrogens is 1. The lowest BCUT2D eigenvalue weighted by molar-refractivity contribution is 0.0635. The van der Waals surface area contributed by atoms with Crippen molar-refractivity contribution in [2.75, 3.05) is 10.8 Å². The number of carbonyl (C=O) groups excluding carboxylic acids is 1. The van der Waals surface area contributed by atoms with Crippen LogP contribution >= 0.6 is 0 Å². The van der Waals surface area contributed by atoms with Crippen molar-refractivity contribution in [3.63, 3.8) is 0 Å². The van der Waals surface area contributed by atoms with Crippen molar-refractivity contribution in [3.05, 3.63) is 17.8 Å². The molecule has 0 radical (unpaired) electrons. The highest BCUT2D eigenvalue weighted by Gasteiger charge is 2.16. The Balaban J connectivity index is 2.69. The number of nitrogens with one attached hydrogen (secondary N) is 2. The summed E-state index contributed by atoms with van der Waals surface area (Å²) >= 11 is 0. The van der Waals surface area contributed by atoms with Crippen molar-refractivity contribution in [3.8, 4) is 0 Å². The third kappa shape index (κ3) is 4.28. The highest BCUT2D eigenvalue weighted by atomic mass is 16.6. The van der Waals surface area contributed by atoms with Gasteiger partial charge in [0.05, 0.1) is 11.9 Å². The van der Waals surface area contributed by atoms with Crippen LogP contribution in [0.3, 0.4) is 0 Å². The fraction of sp³-hybridized carbons (Fsp3) is 0.455. The zero-order valence-corrected chi connectivity index (χ0v) is 10.4. The zero-order chi connectivity index (χ0) is 13.1. The molecule has 1 amide bonds. The molecule has 94 valence electrons. The van der Waals surface area contributed by atoms with E-state index in [4.69, 9.17) is 9.94 Å². The summed E-state index contributed by atoms with van der Waals surface area (Å²) in [7, 11) is 0. The normalized spacial score (nSPS) is 10.9. The van der Waals surface area contributed by atoms with Crippen molar-refractivity contribution >= 4 is 17.6 Å². The fourth-order valence-electron chi connectivity index (χ4n) is 1.15. The van der Waals surface area contributed by atoms with E-state index in [1.165, 1.54) is 6.20 Å². The molecule has 3 N–H and O–H groups in total. The summed E-state index contributed by atoms with van der Waals surface area (Å²) in [6.45, 7) is 7.12. The molecule has 0 spiro atoms. The molecule has 6 nitrogen and oxygen atoms in total. The van der Waals surface area contributed by atoms with Crippen LogP contribution in [-0.2, 0) is 4.74 Å². The van der Waals surface area contributed by atoms with Gasteiger partial charge in [0, 0.05) is 0 Å². The summed E-state index contributed by atoms with van der Waals surface area (Å²) in [5.41, 5.74) is 2.70. The Kier molecular flexibility index (Phi) is 3.90.